The molecular weight excluding hydrogens is 369 g/mol. The fourth-order valence-electron chi connectivity index (χ4n) is 3.87. The van der Waals surface area contributed by atoms with E-state index in [0.717, 1.165) is 28.1 Å². The van der Waals surface area contributed by atoms with Crippen molar-refractivity contribution in [3.8, 4) is 0 Å². The van der Waals surface area contributed by atoms with E-state index in [9.17, 15) is 0 Å². The molecule has 0 aromatic heterocycles. The largest absolute Gasteiger partial charge is 0.495 e. The molecule has 1 aliphatic heterocycles. The maximum absolute atomic E-state index is 6.32. The molecule has 3 nitrogen and oxygen atoms in total. The summed E-state index contributed by atoms with van der Waals surface area (Å²) in [5, 5.41) is 0. The molecule has 30 heavy (non-hydrogen) atoms. The van der Waals surface area contributed by atoms with Crippen molar-refractivity contribution in [2.24, 2.45) is 0 Å². The van der Waals surface area contributed by atoms with Gasteiger partial charge in [-0.1, -0.05) is 42.5 Å². The SMILES string of the molecule is Cc1cc(N(c2ccccc2)c2ccccc2)c(C)cc1B1OC(C)(C)C(C)(C)O1. The third kappa shape index (κ3) is 3.66. The number of nitrogens with zero attached hydrogens (tertiary/aromatic N) is 1. The Hall–Kier alpha value is -2.56. The van der Waals surface area contributed by atoms with Crippen LogP contribution in [0.3, 0.4) is 0 Å². The highest BCUT2D eigenvalue weighted by Gasteiger charge is 2.52. The maximum atomic E-state index is 6.32. The lowest BCUT2D eigenvalue weighted by atomic mass is 9.75. The van der Waals surface area contributed by atoms with Gasteiger partial charge in [0.05, 0.1) is 11.2 Å². The average molecular weight is 399 g/mol. The van der Waals surface area contributed by atoms with Crippen molar-refractivity contribution in [1.29, 1.82) is 0 Å². The topological polar surface area (TPSA) is 21.7 Å². The summed E-state index contributed by atoms with van der Waals surface area (Å²) < 4.78 is 12.6. The van der Waals surface area contributed by atoms with Gasteiger partial charge in [0.25, 0.3) is 0 Å². The monoisotopic (exact) mass is 399 g/mol. The van der Waals surface area contributed by atoms with Gasteiger partial charge in [-0.3, -0.25) is 0 Å². The predicted molar refractivity (Wildman–Crippen MR) is 126 cm³/mol. The van der Waals surface area contributed by atoms with Crippen molar-refractivity contribution in [3.63, 3.8) is 0 Å². The highest BCUT2D eigenvalue weighted by molar-refractivity contribution is 6.62. The summed E-state index contributed by atoms with van der Waals surface area (Å²) in [5.74, 6) is 0. The number of hydrogen-bond donors (Lipinski definition) is 0. The normalized spacial score (nSPS) is 17.2. The number of hydrogen-bond acceptors (Lipinski definition) is 3. The lowest BCUT2D eigenvalue weighted by Gasteiger charge is -2.32. The predicted octanol–water partition coefficient (Wildman–Crippen LogP) is 6.07. The minimum absolute atomic E-state index is 0.350. The van der Waals surface area contributed by atoms with E-state index in [2.05, 4.69) is 107 Å². The number of rotatable bonds is 4. The quantitative estimate of drug-likeness (QED) is 0.497. The first-order chi connectivity index (χ1) is 14.2. The van der Waals surface area contributed by atoms with Gasteiger partial charge < -0.3 is 14.2 Å². The summed E-state index contributed by atoms with van der Waals surface area (Å²) in [6.45, 7) is 12.7. The van der Waals surface area contributed by atoms with Crippen molar-refractivity contribution in [2.45, 2.75) is 52.7 Å². The van der Waals surface area contributed by atoms with E-state index >= 15 is 0 Å². The molecule has 1 fully saturated rings. The van der Waals surface area contributed by atoms with Gasteiger partial charge in [-0.05, 0) is 88.5 Å². The molecule has 0 unspecified atom stereocenters. The molecule has 0 atom stereocenters. The second-order valence-electron chi connectivity index (χ2n) is 9.09. The summed E-state index contributed by atoms with van der Waals surface area (Å²) in [6.07, 6.45) is 0. The minimum atomic E-state index is -0.357. The summed E-state index contributed by atoms with van der Waals surface area (Å²) >= 11 is 0. The zero-order valence-corrected chi connectivity index (χ0v) is 18.8. The molecular formula is C26H30BNO2. The molecule has 154 valence electrons. The Balaban J connectivity index is 1.78. The van der Waals surface area contributed by atoms with Crippen LogP contribution in [0.5, 0.6) is 0 Å². The molecule has 4 heteroatoms. The first kappa shape index (κ1) is 20.7. The van der Waals surface area contributed by atoms with Crippen LogP contribution >= 0.6 is 0 Å². The number of benzene rings is 3. The smallest absolute Gasteiger partial charge is 0.399 e. The Labute approximate surface area is 180 Å². The molecule has 1 heterocycles. The molecule has 1 saturated heterocycles. The van der Waals surface area contributed by atoms with Gasteiger partial charge in [0.2, 0.25) is 0 Å². The third-order valence-corrected chi connectivity index (χ3v) is 6.36. The van der Waals surface area contributed by atoms with Crippen LogP contribution in [0.1, 0.15) is 38.8 Å². The van der Waals surface area contributed by atoms with Crippen molar-refractivity contribution >= 4 is 29.6 Å². The molecule has 3 aromatic rings. The van der Waals surface area contributed by atoms with E-state index in [4.69, 9.17) is 9.31 Å². The fraction of sp³-hybridized carbons (Fsp3) is 0.308. The van der Waals surface area contributed by atoms with Gasteiger partial charge in [-0.15, -0.1) is 0 Å². The van der Waals surface area contributed by atoms with Crippen LogP contribution in [0.4, 0.5) is 17.1 Å². The van der Waals surface area contributed by atoms with Crippen LogP contribution in [-0.2, 0) is 9.31 Å². The van der Waals surface area contributed by atoms with E-state index in [1.165, 1.54) is 5.56 Å². The van der Waals surface area contributed by atoms with Gasteiger partial charge in [-0.25, -0.2) is 0 Å². The summed E-state index contributed by atoms with van der Waals surface area (Å²) in [5.41, 5.74) is 6.16. The first-order valence-corrected chi connectivity index (χ1v) is 10.6. The Morgan fingerprint density at radius 3 is 1.60 bits per heavy atom. The zero-order chi connectivity index (χ0) is 21.5. The molecule has 0 spiro atoms. The van der Waals surface area contributed by atoms with E-state index in [1.807, 2.05) is 12.1 Å². The van der Waals surface area contributed by atoms with Crippen molar-refractivity contribution in [1.82, 2.24) is 0 Å². The maximum Gasteiger partial charge on any atom is 0.495 e. The number of anilines is 3. The van der Waals surface area contributed by atoms with Gasteiger partial charge in [0.15, 0.2) is 0 Å². The summed E-state index contributed by atoms with van der Waals surface area (Å²) in [4.78, 5) is 2.30. The van der Waals surface area contributed by atoms with E-state index < -0.39 is 0 Å². The Kier molecular flexibility index (Phi) is 5.25. The van der Waals surface area contributed by atoms with Crippen LogP contribution < -0.4 is 10.4 Å². The van der Waals surface area contributed by atoms with Crippen LogP contribution in [0.2, 0.25) is 0 Å². The molecule has 0 amide bonds. The molecule has 0 saturated carbocycles. The Bertz CT molecular complexity index is 976. The van der Waals surface area contributed by atoms with Crippen molar-refractivity contribution in [2.75, 3.05) is 4.90 Å². The van der Waals surface area contributed by atoms with Gasteiger partial charge >= 0.3 is 7.12 Å². The van der Waals surface area contributed by atoms with Crippen molar-refractivity contribution in [3.05, 3.63) is 83.9 Å². The van der Waals surface area contributed by atoms with Gasteiger partial charge in [0.1, 0.15) is 0 Å². The Morgan fingerprint density at radius 1 is 0.667 bits per heavy atom. The highest BCUT2D eigenvalue weighted by Crippen LogP contribution is 2.39. The lowest BCUT2D eigenvalue weighted by molar-refractivity contribution is 0.00578. The molecule has 1 aliphatic rings. The van der Waals surface area contributed by atoms with Crippen LogP contribution in [0, 0.1) is 13.8 Å². The fourth-order valence-corrected chi connectivity index (χ4v) is 3.87. The highest BCUT2D eigenvalue weighted by atomic mass is 16.7. The molecule has 3 aromatic carbocycles. The summed E-state index contributed by atoms with van der Waals surface area (Å²) in [7, 11) is -0.357. The molecule has 0 bridgehead atoms. The zero-order valence-electron chi connectivity index (χ0n) is 18.8. The third-order valence-electron chi connectivity index (χ3n) is 6.36. The van der Waals surface area contributed by atoms with Gasteiger partial charge in [0, 0.05) is 17.1 Å². The molecule has 0 N–H and O–H groups in total. The van der Waals surface area contributed by atoms with Crippen LogP contribution in [0.15, 0.2) is 72.8 Å². The minimum Gasteiger partial charge on any atom is -0.399 e. The molecule has 0 aliphatic carbocycles. The van der Waals surface area contributed by atoms with E-state index in [1.54, 1.807) is 0 Å². The van der Waals surface area contributed by atoms with Crippen molar-refractivity contribution < 1.29 is 9.31 Å². The average Bonchev–Trinajstić information content (AvgIpc) is 2.93. The van der Waals surface area contributed by atoms with Gasteiger partial charge in [-0.2, -0.15) is 0 Å². The van der Waals surface area contributed by atoms with Crippen LogP contribution in [0.25, 0.3) is 0 Å². The van der Waals surface area contributed by atoms with E-state index in [0.29, 0.717) is 0 Å². The Morgan fingerprint density at radius 2 is 1.13 bits per heavy atom. The van der Waals surface area contributed by atoms with E-state index in [-0.39, 0.29) is 18.3 Å². The second-order valence-corrected chi connectivity index (χ2v) is 9.09. The number of para-hydroxylation sites is 2. The number of aryl methyl sites for hydroxylation is 2. The molecule has 0 radical (unpaired) electrons. The summed E-state index contributed by atoms with van der Waals surface area (Å²) in [6, 6.07) is 25.4. The van der Waals surface area contributed by atoms with Crippen LogP contribution in [-0.4, -0.2) is 18.3 Å². The first-order valence-electron chi connectivity index (χ1n) is 10.6. The second kappa shape index (κ2) is 7.61. The molecule has 4 rings (SSSR count). The standard InChI is InChI=1S/C26H30BNO2/c1-19-18-24(20(2)17-23(19)27-29-25(3,4)26(5,6)30-27)28(21-13-9-7-10-14-21)22-15-11-8-12-16-22/h7-18H,1-6H3. The lowest BCUT2D eigenvalue weighted by Crippen LogP contribution is -2.41.